The van der Waals surface area contributed by atoms with Crippen molar-refractivity contribution >= 4 is 5.97 Å². The van der Waals surface area contributed by atoms with Crippen molar-refractivity contribution in [1.82, 2.24) is 0 Å². The Labute approximate surface area is 188 Å². The molecule has 0 spiro atoms. The molecule has 3 N–H and O–H groups in total. The van der Waals surface area contributed by atoms with E-state index in [0.717, 1.165) is 50.7 Å². The van der Waals surface area contributed by atoms with Crippen molar-refractivity contribution < 1.29 is 24.9 Å². The van der Waals surface area contributed by atoms with Crippen molar-refractivity contribution in [3.8, 4) is 0 Å². The molecule has 2 aliphatic rings. The number of hydrogen-bond acceptors (Lipinski definition) is 4. The van der Waals surface area contributed by atoms with E-state index in [2.05, 4.69) is 20.8 Å². The predicted molar refractivity (Wildman–Crippen MR) is 124 cm³/mol. The number of hydrogen-bond donors (Lipinski definition) is 3. The van der Waals surface area contributed by atoms with E-state index in [4.69, 9.17) is 9.84 Å². The van der Waals surface area contributed by atoms with E-state index in [0.29, 0.717) is 23.9 Å². The molecule has 0 radical (unpaired) electrons. The first-order valence-corrected chi connectivity index (χ1v) is 12.5. The number of aliphatic hydroxyl groups excluding tert-OH is 2. The fraction of sp³-hybridized carbons (Fsp3) is 0.808. The number of aliphatic carboxylic acids is 1. The number of ether oxygens (including phenoxy) is 1. The maximum Gasteiger partial charge on any atom is 0.303 e. The van der Waals surface area contributed by atoms with E-state index in [-0.39, 0.29) is 30.3 Å². The lowest BCUT2D eigenvalue weighted by Crippen LogP contribution is -2.41. The molecule has 5 nitrogen and oxygen atoms in total. The van der Waals surface area contributed by atoms with Gasteiger partial charge in [0.2, 0.25) is 0 Å². The zero-order valence-corrected chi connectivity index (χ0v) is 19.8. The first-order chi connectivity index (χ1) is 14.9. The number of fused-ring (bicyclic) bond motifs is 1. The molecule has 0 aromatic heterocycles. The van der Waals surface area contributed by atoms with Crippen LogP contribution >= 0.6 is 0 Å². The van der Waals surface area contributed by atoms with E-state index in [1.165, 1.54) is 25.7 Å². The molecule has 178 valence electrons. The summed E-state index contributed by atoms with van der Waals surface area (Å²) in [5.41, 5.74) is 0.880. The lowest BCUT2D eigenvalue weighted by molar-refractivity contribution is -0.137. The Hall–Kier alpha value is -1.49. The average Bonchev–Trinajstić information content (AvgIpc) is 2.73. The van der Waals surface area contributed by atoms with E-state index < -0.39 is 5.97 Å². The van der Waals surface area contributed by atoms with Gasteiger partial charge < -0.3 is 20.1 Å². The average molecular weight is 437 g/mol. The summed E-state index contributed by atoms with van der Waals surface area (Å²) >= 11 is 0. The third-order valence-corrected chi connectivity index (χ3v) is 7.25. The Morgan fingerprint density at radius 2 is 1.81 bits per heavy atom. The minimum absolute atomic E-state index is 0.0480. The molecular formula is C26H44O5. The second-order valence-corrected chi connectivity index (χ2v) is 9.65. The molecule has 0 fully saturated rings. The SMILES string of the molecule is CCCC(CCC)CO[C@H]1CCC(O)=C2C=C(O)[C@@H](C)[C@@H](CCCCCCC(=O)O)[C@H]21. The van der Waals surface area contributed by atoms with Crippen LogP contribution in [-0.4, -0.2) is 34.0 Å². The Bertz CT molecular complexity index is 617. The second kappa shape index (κ2) is 13.1. The van der Waals surface area contributed by atoms with Crippen LogP contribution in [-0.2, 0) is 9.53 Å². The minimum Gasteiger partial charge on any atom is -0.512 e. The van der Waals surface area contributed by atoms with Crippen LogP contribution in [0.1, 0.15) is 97.8 Å². The monoisotopic (exact) mass is 436 g/mol. The molecule has 0 aromatic rings. The summed E-state index contributed by atoms with van der Waals surface area (Å²) in [5.74, 6) is 1.05. The number of rotatable bonds is 14. The van der Waals surface area contributed by atoms with Crippen LogP contribution in [0.15, 0.2) is 23.2 Å². The summed E-state index contributed by atoms with van der Waals surface area (Å²) in [6, 6.07) is 0. The third kappa shape index (κ3) is 7.55. The number of allylic oxidation sites excluding steroid dienone is 3. The zero-order valence-electron chi connectivity index (χ0n) is 19.8. The van der Waals surface area contributed by atoms with Gasteiger partial charge in [0, 0.05) is 31.3 Å². The minimum atomic E-state index is -0.729. The predicted octanol–water partition coefficient (Wildman–Crippen LogP) is 6.94. The maximum atomic E-state index is 10.7. The Morgan fingerprint density at radius 1 is 1.13 bits per heavy atom. The van der Waals surface area contributed by atoms with Gasteiger partial charge in [-0.15, -0.1) is 0 Å². The fourth-order valence-corrected chi connectivity index (χ4v) is 5.52. The Morgan fingerprint density at radius 3 is 2.45 bits per heavy atom. The van der Waals surface area contributed by atoms with Crippen molar-refractivity contribution in [2.45, 2.75) is 104 Å². The highest BCUT2D eigenvalue weighted by Gasteiger charge is 2.43. The summed E-state index contributed by atoms with van der Waals surface area (Å²) in [5, 5.41) is 30.0. The van der Waals surface area contributed by atoms with Crippen LogP contribution in [0.25, 0.3) is 0 Å². The summed E-state index contributed by atoms with van der Waals surface area (Å²) in [4.78, 5) is 10.7. The summed E-state index contributed by atoms with van der Waals surface area (Å²) in [6.45, 7) is 7.32. The van der Waals surface area contributed by atoms with Gasteiger partial charge in [-0.25, -0.2) is 0 Å². The molecular weight excluding hydrogens is 392 g/mol. The molecule has 0 unspecified atom stereocenters. The number of unbranched alkanes of at least 4 members (excludes halogenated alkanes) is 3. The van der Waals surface area contributed by atoms with Gasteiger partial charge in [0.25, 0.3) is 0 Å². The van der Waals surface area contributed by atoms with Crippen molar-refractivity contribution in [2.75, 3.05) is 6.61 Å². The first kappa shape index (κ1) is 25.8. The van der Waals surface area contributed by atoms with Crippen molar-refractivity contribution in [3.63, 3.8) is 0 Å². The molecule has 2 aliphatic carbocycles. The van der Waals surface area contributed by atoms with Gasteiger partial charge in [-0.1, -0.05) is 52.9 Å². The van der Waals surface area contributed by atoms with Gasteiger partial charge in [0.1, 0.15) is 0 Å². The Balaban J connectivity index is 2.05. The summed E-state index contributed by atoms with van der Waals surface area (Å²) in [7, 11) is 0. The molecule has 0 saturated heterocycles. The van der Waals surface area contributed by atoms with Crippen LogP contribution in [0.5, 0.6) is 0 Å². The van der Waals surface area contributed by atoms with Crippen LogP contribution in [0, 0.1) is 23.7 Å². The van der Waals surface area contributed by atoms with Gasteiger partial charge in [0.05, 0.1) is 17.6 Å². The number of carboxylic acids is 1. The maximum absolute atomic E-state index is 10.7. The lowest BCUT2D eigenvalue weighted by atomic mass is 9.65. The van der Waals surface area contributed by atoms with Gasteiger partial charge in [0.15, 0.2) is 0 Å². The standard InChI is InChI=1S/C26H44O5/c1-4-10-19(11-5-2)17-31-24-15-14-22(27)21-16-23(28)18(3)20(26(21)24)12-8-6-7-9-13-25(29)30/h16,18-20,24,26-28H,4-15,17H2,1-3H3,(H,29,30)/t18-,20+,24-,26+/m0/s1. The second-order valence-electron chi connectivity index (χ2n) is 9.65. The molecule has 0 bridgehead atoms. The van der Waals surface area contributed by atoms with Gasteiger partial charge in [-0.2, -0.15) is 0 Å². The molecule has 31 heavy (non-hydrogen) atoms. The van der Waals surface area contributed by atoms with Crippen molar-refractivity contribution in [1.29, 1.82) is 0 Å². The third-order valence-electron chi connectivity index (χ3n) is 7.25. The van der Waals surface area contributed by atoms with E-state index in [1.807, 2.05) is 0 Å². The normalized spacial score (nSPS) is 26.1. The van der Waals surface area contributed by atoms with Crippen LogP contribution in [0.3, 0.4) is 0 Å². The summed E-state index contributed by atoms with van der Waals surface area (Å²) in [6.07, 6.45) is 12.9. The van der Waals surface area contributed by atoms with Crippen LogP contribution < -0.4 is 0 Å². The van der Waals surface area contributed by atoms with E-state index in [9.17, 15) is 15.0 Å². The van der Waals surface area contributed by atoms with Crippen LogP contribution in [0.2, 0.25) is 0 Å². The van der Waals surface area contributed by atoms with Gasteiger partial charge in [-0.3, -0.25) is 4.79 Å². The highest BCUT2D eigenvalue weighted by molar-refractivity contribution is 5.66. The highest BCUT2D eigenvalue weighted by Crippen LogP contribution is 2.47. The fourth-order valence-electron chi connectivity index (χ4n) is 5.52. The molecule has 0 saturated carbocycles. The van der Waals surface area contributed by atoms with E-state index in [1.54, 1.807) is 6.08 Å². The molecule has 2 rings (SSSR count). The van der Waals surface area contributed by atoms with E-state index >= 15 is 0 Å². The largest absolute Gasteiger partial charge is 0.512 e. The van der Waals surface area contributed by atoms with Gasteiger partial charge >= 0.3 is 5.97 Å². The topological polar surface area (TPSA) is 87.0 Å². The van der Waals surface area contributed by atoms with Crippen molar-refractivity contribution in [2.24, 2.45) is 23.7 Å². The number of aliphatic hydroxyl groups is 2. The molecule has 0 amide bonds. The molecule has 0 heterocycles. The molecule has 0 aromatic carbocycles. The zero-order chi connectivity index (χ0) is 22.8. The summed E-state index contributed by atoms with van der Waals surface area (Å²) < 4.78 is 6.53. The smallest absolute Gasteiger partial charge is 0.303 e. The Kier molecular flexibility index (Phi) is 10.9. The quantitative estimate of drug-likeness (QED) is 0.257. The van der Waals surface area contributed by atoms with Gasteiger partial charge in [-0.05, 0) is 55.6 Å². The molecule has 0 aliphatic heterocycles. The first-order valence-electron chi connectivity index (χ1n) is 12.5. The number of carbonyl (C=O) groups is 1. The molecule has 4 atom stereocenters. The highest BCUT2D eigenvalue weighted by atomic mass is 16.5. The lowest BCUT2D eigenvalue weighted by Gasteiger charge is -2.43. The number of carboxylic acid groups (broad SMARTS) is 1. The van der Waals surface area contributed by atoms with Crippen molar-refractivity contribution in [3.05, 3.63) is 23.2 Å². The van der Waals surface area contributed by atoms with Crippen LogP contribution in [0.4, 0.5) is 0 Å². The molecule has 5 heteroatoms.